The van der Waals surface area contributed by atoms with Crippen molar-refractivity contribution in [1.29, 1.82) is 0 Å². The van der Waals surface area contributed by atoms with E-state index >= 15 is 8.78 Å². The molecule has 0 spiro atoms. The molecule has 36 heavy (non-hydrogen) atoms. The molecule has 1 aromatic carbocycles. The van der Waals surface area contributed by atoms with Gasteiger partial charge in [-0.3, -0.25) is 0 Å². The Labute approximate surface area is 205 Å². The molecule has 0 radical (unpaired) electrons. The molecule has 0 saturated heterocycles. The Balaban J connectivity index is 2.63. The monoisotopic (exact) mass is 520 g/mol. The summed E-state index contributed by atoms with van der Waals surface area (Å²) >= 11 is 0. The van der Waals surface area contributed by atoms with E-state index in [1.807, 2.05) is 6.92 Å². The molecule has 0 N–H and O–H groups in total. The second-order valence-corrected chi connectivity index (χ2v) is 9.53. The van der Waals surface area contributed by atoms with E-state index in [1.165, 1.54) is 23.6 Å². The average molecular weight is 521 g/mol. The molecule has 0 amide bonds. The lowest BCUT2D eigenvalue weighted by atomic mass is 9.58. The summed E-state index contributed by atoms with van der Waals surface area (Å²) in [6.45, 7) is 10.6. The normalized spacial score (nSPS) is 21.8. The standard InChI is InChI=1S/C27H30F8N/c1-6-10-11-12-16-13-14-36-17(15-16)18-19(25(8-3,9-4)24(36,5)7-2)20(26(30,31)32)23(29)21(22(18)28)27(33,34)35/h8,13-15H,3,6-7,9-12H2,1-2,4-5H3/q+1. The predicted octanol–water partition coefficient (Wildman–Crippen LogP) is 8.66. The van der Waals surface area contributed by atoms with E-state index in [0.29, 0.717) is 12.0 Å². The van der Waals surface area contributed by atoms with E-state index in [4.69, 9.17) is 0 Å². The zero-order valence-corrected chi connectivity index (χ0v) is 20.7. The highest BCUT2D eigenvalue weighted by Gasteiger charge is 2.63. The number of benzene rings is 1. The zero-order valence-electron chi connectivity index (χ0n) is 20.7. The molecule has 2 atom stereocenters. The van der Waals surface area contributed by atoms with Gasteiger partial charge in [0.1, 0.15) is 5.56 Å². The summed E-state index contributed by atoms with van der Waals surface area (Å²) in [6.07, 6.45) is -5.22. The van der Waals surface area contributed by atoms with Gasteiger partial charge < -0.3 is 0 Å². The van der Waals surface area contributed by atoms with Crippen LogP contribution in [-0.4, -0.2) is 0 Å². The lowest BCUT2D eigenvalue weighted by Crippen LogP contribution is -2.68. The van der Waals surface area contributed by atoms with Gasteiger partial charge in [0.15, 0.2) is 23.4 Å². The van der Waals surface area contributed by atoms with Crippen LogP contribution in [0.5, 0.6) is 0 Å². The van der Waals surface area contributed by atoms with Crippen molar-refractivity contribution in [2.75, 3.05) is 0 Å². The van der Waals surface area contributed by atoms with Gasteiger partial charge in [0.25, 0.3) is 0 Å². The first kappa shape index (κ1) is 28.1. The minimum atomic E-state index is -5.68. The third-order valence-electron chi connectivity index (χ3n) is 7.82. The summed E-state index contributed by atoms with van der Waals surface area (Å²) < 4.78 is 117. The van der Waals surface area contributed by atoms with Crippen LogP contribution in [0.4, 0.5) is 35.1 Å². The highest BCUT2D eigenvalue weighted by Crippen LogP contribution is 2.57. The Kier molecular flexibility index (Phi) is 7.38. The molecular formula is C27H30F8N+. The third-order valence-corrected chi connectivity index (χ3v) is 7.82. The number of pyridine rings is 1. The van der Waals surface area contributed by atoms with Crippen molar-refractivity contribution in [3.8, 4) is 11.3 Å². The summed E-state index contributed by atoms with van der Waals surface area (Å²) in [7, 11) is 0. The number of hydrogen-bond donors (Lipinski definition) is 0. The lowest BCUT2D eigenvalue weighted by molar-refractivity contribution is -0.763. The van der Waals surface area contributed by atoms with Crippen molar-refractivity contribution < 1.29 is 39.7 Å². The van der Waals surface area contributed by atoms with Gasteiger partial charge in [-0.15, -0.1) is 6.58 Å². The van der Waals surface area contributed by atoms with Crippen molar-refractivity contribution in [3.63, 3.8) is 0 Å². The van der Waals surface area contributed by atoms with Gasteiger partial charge in [-0.05, 0) is 24.8 Å². The van der Waals surface area contributed by atoms with Crippen LogP contribution in [0.15, 0.2) is 31.0 Å². The number of halogens is 8. The molecule has 2 unspecified atom stereocenters. The van der Waals surface area contributed by atoms with E-state index in [0.717, 1.165) is 19.3 Å². The van der Waals surface area contributed by atoms with Crippen molar-refractivity contribution >= 4 is 0 Å². The van der Waals surface area contributed by atoms with Gasteiger partial charge >= 0.3 is 12.4 Å². The molecule has 2 aromatic rings. The van der Waals surface area contributed by atoms with Gasteiger partial charge in [0, 0.05) is 31.0 Å². The maximum absolute atomic E-state index is 15.8. The zero-order chi connectivity index (χ0) is 27.3. The van der Waals surface area contributed by atoms with Crippen molar-refractivity contribution in [2.24, 2.45) is 0 Å². The second kappa shape index (κ2) is 9.45. The Bertz CT molecular complexity index is 1160. The van der Waals surface area contributed by atoms with Gasteiger partial charge in [-0.1, -0.05) is 39.7 Å². The van der Waals surface area contributed by atoms with Crippen molar-refractivity contribution in [3.05, 3.63) is 64.9 Å². The Morgan fingerprint density at radius 3 is 2.00 bits per heavy atom. The van der Waals surface area contributed by atoms with E-state index in [2.05, 4.69) is 6.58 Å². The van der Waals surface area contributed by atoms with Crippen LogP contribution in [0, 0.1) is 11.6 Å². The Morgan fingerprint density at radius 2 is 1.53 bits per heavy atom. The highest BCUT2D eigenvalue weighted by molar-refractivity contribution is 5.72. The van der Waals surface area contributed by atoms with E-state index < -0.39 is 57.2 Å². The van der Waals surface area contributed by atoms with Crippen LogP contribution in [-0.2, 0) is 29.7 Å². The number of nitrogens with zero attached hydrogens (tertiary/aromatic N) is 1. The number of rotatable bonds is 7. The quantitative estimate of drug-likeness (QED) is 0.149. The van der Waals surface area contributed by atoms with Gasteiger partial charge in [0.05, 0.1) is 16.5 Å². The van der Waals surface area contributed by atoms with Crippen molar-refractivity contribution in [1.82, 2.24) is 0 Å². The first-order chi connectivity index (χ1) is 16.7. The largest absolute Gasteiger partial charge is 0.422 e. The fraction of sp³-hybridized carbons (Fsp3) is 0.519. The maximum Gasteiger partial charge on any atom is 0.422 e. The van der Waals surface area contributed by atoms with Gasteiger partial charge in [-0.25, -0.2) is 8.78 Å². The number of aryl methyl sites for hydroxylation is 1. The van der Waals surface area contributed by atoms with Crippen LogP contribution in [0.2, 0.25) is 0 Å². The molecule has 0 aliphatic carbocycles. The first-order valence-electron chi connectivity index (χ1n) is 12.0. The van der Waals surface area contributed by atoms with Crippen LogP contribution in [0.1, 0.15) is 82.1 Å². The number of fused-ring (bicyclic) bond motifs is 3. The molecule has 0 bridgehead atoms. The SMILES string of the molecule is C=CC1(CC)c2c(c(F)c(C(F)(F)F)c(F)c2C(F)(F)F)-c2cc(CCCCC)cc[n+]2C1(C)CC. The summed E-state index contributed by atoms with van der Waals surface area (Å²) in [5.74, 6) is -4.68. The van der Waals surface area contributed by atoms with Crippen LogP contribution >= 0.6 is 0 Å². The second-order valence-electron chi connectivity index (χ2n) is 9.53. The topological polar surface area (TPSA) is 3.88 Å². The predicted molar refractivity (Wildman–Crippen MR) is 121 cm³/mol. The lowest BCUT2D eigenvalue weighted by Gasteiger charge is -2.47. The van der Waals surface area contributed by atoms with E-state index in [1.54, 1.807) is 26.1 Å². The van der Waals surface area contributed by atoms with Crippen LogP contribution in [0.25, 0.3) is 11.3 Å². The minimum absolute atomic E-state index is 0.0775. The molecular weight excluding hydrogens is 490 g/mol. The Morgan fingerprint density at radius 1 is 0.917 bits per heavy atom. The number of allylic oxidation sites excluding steroid dienone is 1. The minimum Gasteiger partial charge on any atom is -0.206 e. The van der Waals surface area contributed by atoms with E-state index in [9.17, 15) is 26.3 Å². The molecule has 2 heterocycles. The summed E-state index contributed by atoms with van der Waals surface area (Å²) in [4.78, 5) is 0. The average Bonchev–Trinajstić information content (AvgIpc) is 2.78. The third kappa shape index (κ3) is 4.02. The Hall–Kier alpha value is -2.45. The molecule has 1 aliphatic heterocycles. The number of unbranched alkanes of at least 4 members (excludes halogenated alkanes) is 2. The number of alkyl halides is 6. The first-order valence-corrected chi connectivity index (χ1v) is 12.0. The molecule has 198 valence electrons. The summed E-state index contributed by atoms with van der Waals surface area (Å²) in [5.41, 5.74) is -8.73. The molecule has 3 rings (SSSR count). The van der Waals surface area contributed by atoms with Crippen molar-refractivity contribution in [2.45, 2.75) is 89.5 Å². The molecule has 9 heteroatoms. The molecule has 0 saturated carbocycles. The maximum atomic E-state index is 15.8. The van der Waals surface area contributed by atoms with Gasteiger partial charge in [-0.2, -0.15) is 30.9 Å². The van der Waals surface area contributed by atoms with Gasteiger partial charge in [0.2, 0.25) is 5.69 Å². The molecule has 0 fully saturated rings. The summed E-state index contributed by atoms with van der Waals surface area (Å²) in [6, 6.07) is 3.19. The summed E-state index contributed by atoms with van der Waals surface area (Å²) in [5, 5.41) is 0. The number of aromatic nitrogens is 1. The fourth-order valence-electron chi connectivity index (χ4n) is 5.79. The fourth-order valence-corrected chi connectivity index (χ4v) is 5.79. The van der Waals surface area contributed by atoms with Crippen LogP contribution < -0.4 is 4.57 Å². The van der Waals surface area contributed by atoms with Crippen LogP contribution in [0.3, 0.4) is 0 Å². The molecule has 1 aliphatic rings. The smallest absolute Gasteiger partial charge is 0.206 e. The molecule has 1 nitrogen and oxygen atoms in total. The highest BCUT2D eigenvalue weighted by atomic mass is 19.4. The molecule has 1 aromatic heterocycles. The number of hydrogen-bond acceptors (Lipinski definition) is 0. The van der Waals surface area contributed by atoms with E-state index in [-0.39, 0.29) is 18.5 Å².